The third kappa shape index (κ3) is 5.39. The minimum absolute atomic E-state index is 0.134. The molecule has 0 aliphatic carbocycles. The predicted molar refractivity (Wildman–Crippen MR) is 114 cm³/mol. The summed E-state index contributed by atoms with van der Waals surface area (Å²) in [5, 5.41) is 18.3. The number of carbonyl (C=O) groups excluding carboxylic acids is 1. The number of rotatable bonds is 9. The van der Waals surface area contributed by atoms with Crippen LogP contribution >= 0.6 is 0 Å². The Morgan fingerprint density at radius 2 is 1.90 bits per heavy atom. The molecule has 0 spiro atoms. The van der Waals surface area contributed by atoms with Crippen molar-refractivity contribution in [1.82, 2.24) is 15.1 Å². The van der Waals surface area contributed by atoms with Gasteiger partial charge in [-0.05, 0) is 25.5 Å². The number of hydrogen-bond acceptors (Lipinski definition) is 6. The first kappa shape index (κ1) is 21.8. The number of methoxy groups -OCH3 is 1. The van der Waals surface area contributed by atoms with Crippen LogP contribution in [0.5, 0.6) is 11.5 Å². The summed E-state index contributed by atoms with van der Waals surface area (Å²) in [6.45, 7) is 4.53. The zero-order valence-electron chi connectivity index (χ0n) is 17.6. The maximum Gasteiger partial charge on any atom is 0.273 e. The molecule has 9 heteroatoms. The van der Waals surface area contributed by atoms with E-state index in [-0.39, 0.29) is 24.0 Å². The molecule has 2 aromatic carbocycles. The number of ether oxygens (including phenoxy) is 2. The number of nitrogens with one attached hydrogen (secondary N) is 1. The standard InChI is InChI=1S/C22H24N4O5/c1-15-19(16(2)25(24-15)13-17-7-5-4-6-8-17)12-23-22(27)14-31-21-11-18(26(28)29)9-10-20(21)30-3/h4-11H,12-14H2,1-3H3,(H,23,27). The van der Waals surface area contributed by atoms with Gasteiger partial charge in [0.1, 0.15) is 0 Å². The maximum absolute atomic E-state index is 12.3. The van der Waals surface area contributed by atoms with Crippen LogP contribution < -0.4 is 14.8 Å². The number of carbonyl (C=O) groups is 1. The van der Waals surface area contributed by atoms with Gasteiger partial charge in [0.25, 0.3) is 11.6 Å². The lowest BCUT2D eigenvalue weighted by Crippen LogP contribution is -2.28. The largest absolute Gasteiger partial charge is 0.493 e. The molecule has 3 rings (SSSR count). The lowest BCUT2D eigenvalue weighted by molar-refractivity contribution is -0.385. The Kier molecular flexibility index (Phi) is 6.86. The second-order valence-electron chi connectivity index (χ2n) is 6.95. The number of nitrogens with zero attached hydrogens (tertiary/aromatic N) is 3. The van der Waals surface area contributed by atoms with Crippen LogP contribution in [0, 0.1) is 24.0 Å². The molecule has 162 valence electrons. The van der Waals surface area contributed by atoms with Gasteiger partial charge in [0.2, 0.25) is 0 Å². The molecule has 1 amide bonds. The molecule has 0 saturated heterocycles. The fraction of sp³-hybridized carbons (Fsp3) is 0.273. The van der Waals surface area contributed by atoms with Gasteiger partial charge in [-0.15, -0.1) is 0 Å². The smallest absolute Gasteiger partial charge is 0.273 e. The highest BCUT2D eigenvalue weighted by molar-refractivity contribution is 5.77. The van der Waals surface area contributed by atoms with Crippen molar-refractivity contribution in [3.8, 4) is 11.5 Å². The average Bonchev–Trinajstić information content (AvgIpc) is 3.03. The first-order valence-electron chi connectivity index (χ1n) is 9.67. The van der Waals surface area contributed by atoms with Gasteiger partial charge >= 0.3 is 0 Å². The number of amides is 1. The Balaban J connectivity index is 1.60. The van der Waals surface area contributed by atoms with E-state index >= 15 is 0 Å². The van der Waals surface area contributed by atoms with Crippen LogP contribution in [-0.2, 0) is 17.9 Å². The number of aryl methyl sites for hydroxylation is 1. The van der Waals surface area contributed by atoms with Gasteiger partial charge < -0.3 is 14.8 Å². The van der Waals surface area contributed by atoms with E-state index in [1.807, 2.05) is 48.9 Å². The third-order valence-electron chi connectivity index (χ3n) is 4.89. The van der Waals surface area contributed by atoms with E-state index in [0.717, 1.165) is 22.5 Å². The van der Waals surface area contributed by atoms with Gasteiger partial charge in [-0.25, -0.2) is 0 Å². The molecule has 0 bridgehead atoms. The molecule has 1 N–H and O–H groups in total. The van der Waals surface area contributed by atoms with Crippen LogP contribution in [0.15, 0.2) is 48.5 Å². The number of nitro groups is 1. The minimum atomic E-state index is -0.537. The summed E-state index contributed by atoms with van der Waals surface area (Å²) in [6, 6.07) is 14.0. The average molecular weight is 424 g/mol. The molecule has 0 saturated carbocycles. The molecule has 0 unspecified atom stereocenters. The molecular weight excluding hydrogens is 400 g/mol. The van der Waals surface area contributed by atoms with Crippen LogP contribution in [0.4, 0.5) is 5.69 Å². The van der Waals surface area contributed by atoms with Crippen molar-refractivity contribution in [3.05, 3.63) is 81.2 Å². The number of nitro benzene ring substituents is 1. The Morgan fingerprint density at radius 3 is 2.58 bits per heavy atom. The van der Waals surface area contributed by atoms with E-state index < -0.39 is 4.92 Å². The third-order valence-corrected chi connectivity index (χ3v) is 4.89. The van der Waals surface area contributed by atoms with Crippen molar-refractivity contribution < 1.29 is 19.2 Å². The van der Waals surface area contributed by atoms with Crippen LogP contribution in [0.25, 0.3) is 0 Å². The number of benzene rings is 2. The first-order chi connectivity index (χ1) is 14.9. The van der Waals surface area contributed by atoms with Crippen molar-refractivity contribution >= 4 is 11.6 Å². The fourth-order valence-corrected chi connectivity index (χ4v) is 3.17. The van der Waals surface area contributed by atoms with Crippen LogP contribution in [-0.4, -0.2) is 34.3 Å². The molecule has 31 heavy (non-hydrogen) atoms. The Labute approximate surface area is 179 Å². The Hall–Kier alpha value is -3.88. The quantitative estimate of drug-likeness (QED) is 0.418. The zero-order valence-corrected chi connectivity index (χ0v) is 17.6. The van der Waals surface area contributed by atoms with Gasteiger partial charge in [0.05, 0.1) is 30.3 Å². The van der Waals surface area contributed by atoms with Crippen molar-refractivity contribution in [2.24, 2.45) is 0 Å². The van der Waals surface area contributed by atoms with Gasteiger partial charge in [-0.2, -0.15) is 5.10 Å². The highest BCUT2D eigenvalue weighted by atomic mass is 16.6. The molecule has 0 atom stereocenters. The van der Waals surface area contributed by atoms with Crippen LogP contribution in [0.3, 0.4) is 0 Å². The molecule has 3 aromatic rings. The minimum Gasteiger partial charge on any atom is -0.493 e. The van der Waals surface area contributed by atoms with Crippen LogP contribution in [0.1, 0.15) is 22.5 Å². The van der Waals surface area contributed by atoms with E-state index in [2.05, 4.69) is 10.4 Å². The predicted octanol–water partition coefficient (Wildman–Crippen LogP) is 3.16. The SMILES string of the molecule is COc1ccc([N+](=O)[O-])cc1OCC(=O)NCc1c(C)nn(Cc2ccccc2)c1C. The van der Waals surface area contributed by atoms with E-state index in [4.69, 9.17) is 9.47 Å². The van der Waals surface area contributed by atoms with E-state index in [1.54, 1.807) is 0 Å². The molecule has 1 aromatic heterocycles. The highest BCUT2D eigenvalue weighted by Crippen LogP contribution is 2.31. The van der Waals surface area contributed by atoms with Gasteiger partial charge in [0.15, 0.2) is 18.1 Å². The summed E-state index contributed by atoms with van der Waals surface area (Å²) >= 11 is 0. The summed E-state index contributed by atoms with van der Waals surface area (Å²) in [7, 11) is 1.42. The molecule has 0 aliphatic rings. The highest BCUT2D eigenvalue weighted by Gasteiger charge is 2.16. The summed E-state index contributed by atoms with van der Waals surface area (Å²) in [5.74, 6) is 0.0883. The second kappa shape index (κ2) is 9.75. The molecule has 0 fully saturated rings. The molecule has 0 radical (unpaired) electrons. The molecule has 0 aliphatic heterocycles. The van der Waals surface area contributed by atoms with Crippen molar-refractivity contribution in [2.45, 2.75) is 26.9 Å². The fourth-order valence-electron chi connectivity index (χ4n) is 3.17. The summed E-state index contributed by atoms with van der Waals surface area (Å²) in [6.07, 6.45) is 0. The Bertz CT molecular complexity index is 1080. The summed E-state index contributed by atoms with van der Waals surface area (Å²) in [5.41, 5.74) is 3.76. The van der Waals surface area contributed by atoms with Gasteiger partial charge in [-0.1, -0.05) is 30.3 Å². The normalized spacial score (nSPS) is 10.5. The number of non-ortho nitro benzene ring substituents is 1. The summed E-state index contributed by atoms with van der Waals surface area (Å²) in [4.78, 5) is 22.7. The Morgan fingerprint density at radius 1 is 1.16 bits per heavy atom. The lowest BCUT2D eigenvalue weighted by atomic mass is 10.2. The molecule has 9 nitrogen and oxygen atoms in total. The van der Waals surface area contributed by atoms with Crippen molar-refractivity contribution in [2.75, 3.05) is 13.7 Å². The van der Waals surface area contributed by atoms with Crippen LogP contribution in [0.2, 0.25) is 0 Å². The number of aromatic nitrogens is 2. The molecular formula is C22H24N4O5. The first-order valence-corrected chi connectivity index (χ1v) is 9.67. The summed E-state index contributed by atoms with van der Waals surface area (Å²) < 4.78 is 12.5. The lowest BCUT2D eigenvalue weighted by Gasteiger charge is -2.11. The maximum atomic E-state index is 12.3. The van der Waals surface area contributed by atoms with Crippen molar-refractivity contribution in [3.63, 3.8) is 0 Å². The number of hydrogen-bond donors (Lipinski definition) is 1. The second-order valence-corrected chi connectivity index (χ2v) is 6.95. The van der Waals surface area contributed by atoms with E-state index in [9.17, 15) is 14.9 Å². The molecule has 1 heterocycles. The topological polar surface area (TPSA) is 109 Å². The monoisotopic (exact) mass is 424 g/mol. The van der Waals surface area contributed by atoms with Gasteiger partial charge in [-0.3, -0.25) is 19.6 Å². The zero-order chi connectivity index (χ0) is 22.4. The van der Waals surface area contributed by atoms with Crippen molar-refractivity contribution in [1.29, 1.82) is 0 Å². The van der Waals surface area contributed by atoms with E-state index in [0.29, 0.717) is 18.8 Å². The van der Waals surface area contributed by atoms with E-state index in [1.165, 1.54) is 25.3 Å². The van der Waals surface area contributed by atoms with Gasteiger partial charge in [0, 0.05) is 23.9 Å².